The average molecular weight is 261 g/mol. The molecule has 2 aromatic carbocycles. The van der Waals surface area contributed by atoms with Crippen LogP contribution in [-0.4, -0.2) is 0 Å². The van der Waals surface area contributed by atoms with Gasteiger partial charge in [-0.3, -0.25) is 0 Å². The van der Waals surface area contributed by atoms with Crippen molar-refractivity contribution in [3.05, 3.63) is 53.1 Å². The number of benzene rings is 2. The summed E-state index contributed by atoms with van der Waals surface area (Å²) in [5.41, 5.74) is 6.92. The molecule has 0 aliphatic carbocycles. The van der Waals surface area contributed by atoms with Crippen LogP contribution in [0, 0.1) is 11.3 Å². The van der Waals surface area contributed by atoms with Crippen molar-refractivity contribution in [3.8, 4) is 6.07 Å². The summed E-state index contributed by atoms with van der Waals surface area (Å²) in [6.45, 7) is 0. The van der Waals surface area contributed by atoms with Gasteiger partial charge in [0.1, 0.15) is 0 Å². The van der Waals surface area contributed by atoms with Crippen LogP contribution in [0.5, 0.6) is 0 Å². The first kappa shape index (κ1) is 11.8. The van der Waals surface area contributed by atoms with E-state index in [-0.39, 0.29) is 0 Å². The molecule has 0 aliphatic rings. The summed E-state index contributed by atoms with van der Waals surface area (Å²) in [6, 6.07) is 14.9. The number of nitrogens with zero attached hydrogens (tertiary/aromatic N) is 1. The Labute approximate surface area is 109 Å². The molecule has 2 aromatic rings. The topological polar surface area (TPSA) is 49.8 Å². The van der Waals surface area contributed by atoms with Gasteiger partial charge in [0.15, 0.2) is 0 Å². The third kappa shape index (κ3) is 2.94. The monoisotopic (exact) mass is 260 g/mol. The lowest BCUT2D eigenvalue weighted by Gasteiger charge is -2.04. The molecule has 0 radical (unpaired) electrons. The fourth-order valence-electron chi connectivity index (χ4n) is 1.32. The van der Waals surface area contributed by atoms with Crippen LogP contribution in [0.3, 0.4) is 0 Å². The molecule has 4 heteroatoms. The number of hydrogen-bond acceptors (Lipinski definition) is 3. The van der Waals surface area contributed by atoms with Gasteiger partial charge in [-0.15, -0.1) is 0 Å². The second-order valence-corrected chi connectivity index (χ2v) is 4.95. The van der Waals surface area contributed by atoms with Crippen LogP contribution in [0.4, 0.5) is 5.69 Å². The number of nitriles is 1. The summed E-state index contributed by atoms with van der Waals surface area (Å²) >= 11 is 7.64. The Morgan fingerprint density at radius 2 is 1.82 bits per heavy atom. The van der Waals surface area contributed by atoms with E-state index in [0.29, 0.717) is 10.6 Å². The van der Waals surface area contributed by atoms with Crippen molar-refractivity contribution in [2.75, 3.05) is 5.73 Å². The molecular formula is C13H9ClN2S. The predicted molar refractivity (Wildman–Crippen MR) is 71.1 cm³/mol. The highest BCUT2D eigenvalue weighted by Crippen LogP contribution is 2.33. The number of rotatable bonds is 2. The molecule has 0 saturated carbocycles. The van der Waals surface area contributed by atoms with Crippen LogP contribution in [0.15, 0.2) is 52.3 Å². The molecular weight excluding hydrogens is 252 g/mol. The summed E-state index contributed by atoms with van der Waals surface area (Å²) in [7, 11) is 0. The van der Waals surface area contributed by atoms with Gasteiger partial charge in [0.25, 0.3) is 0 Å². The SMILES string of the molecule is N#Cc1ccc(Sc2ccc(N)cc2)c(Cl)c1. The first-order chi connectivity index (χ1) is 8.19. The summed E-state index contributed by atoms with van der Waals surface area (Å²) < 4.78 is 0. The van der Waals surface area contributed by atoms with Gasteiger partial charge in [-0.2, -0.15) is 5.26 Å². The second kappa shape index (κ2) is 5.13. The van der Waals surface area contributed by atoms with E-state index in [9.17, 15) is 0 Å². The van der Waals surface area contributed by atoms with E-state index in [1.807, 2.05) is 30.3 Å². The van der Waals surface area contributed by atoms with E-state index in [4.69, 9.17) is 22.6 Å². The van der Waals surface area contributed by atoms with E-state index >= 15 is 0 Å². The van der Waals surface area contributed by atoms with Gasteiger partial charge in [-0.05, 0) is 42.5 Å². The fourth-order valence-corrected chi connectivity index (χ4v) is 2.43. The maximum Gasteiger partial charge on any atom is 0.0992 e. The van der Waals surface area contributed by atoms with Gasteiger partial charge in [-0.1, -0.05) is 23.4 Å². The van der Waals surface area contributed by atoms with Crippen molar-refractivity contribution < 1.29 is 0 Å². The van der Waals surface area contributed by atoms with Gasteiger partial charge in [-0.25, -0.2) is 0 Å². The largest absolute Gasteiger partial charge is 0.399 e. The highest BCUT2D eigenvalue weighted by Gasteiger charge is 2.04. The number of nitrogen functional groups attached to an aromatic ring is 1. The molecule has 0 saturated heterocycles. The zero-order chi connectivity index (χ0) is 12.3. The van der Waals surface area contributed by atoms with Crippen LogP contribution in [-0.2, 0) is 0 Å². The van der Waals surface area contributed by atoms with Crippen molar-refractivity contribution in [1.29, 1.82) is 5.26 Å². The minimum absolute atomic E-state index is 0.566. The van der Waals surface area contributed by atoms with Crippen LogP contribution < -0.4 is 5.73 Å². The van der Waals surface area contributed by atoms with Crippen molar-refractivity contribution in [2.24, 2.45) is 0 Å². The normalized spacial score (nSPS) is 9.88. The zero-order valence-corrected chi connectivity index (χ0v) is 10.4. The van der Waals surface area contributed by atoms with Gasteiger partial charge in [0, 0.05) is 15.5 Å². The first-order valence-electron chi connectivity index (χ1n) is 4.92. The third-order valence-electron chi connectivity index (χ3n) is 2.17. The summed E-state index contributed by atoms with van der Waals surface area (Å²) in [5.74, 6) is 0. The minimum Gasteiger partial charge on any atom is -0.399 e. The van der Waals surface area contributed by atoms with Gasteiger partial charge in [0.05, 0.1) is 16.7 Å². The lowest BCUT2D eigenvalue weighted by molar-refractivity contribution is 1.39. The molecule has 0 atom stereocenters. The fraction of sp³-hybridized carbons (Fsp3) is 0. The predicted octanol–water partition coefficient (Wildman–Crippen LogP) is 3.95. The number of halogens is 1. The second-order valence-electron chi connectivity index (χ2n) is 3.43. The molecule has 0 aliphatic heterocycles. The Morgan fingerprint density at radius 3 is 2.41 bits per heavy atom. The Morgan fingerprint density at radius 1 is 1.12 bits per heavy atom. The van der Waals surface area contributed by atoms with Crippen LogP contribution in [0.1, 0.15) is 5.56 Å². The van der Waals surface area contributed by atoms with Crippen molar-refractivity contribution >= 4 is 29.1 Å². The smallest absolute Gasteiger partial charge is 0.0992 e. The van der Waals surface area contributed by atoms with E-state index < -0.39 is 0 Å². The minimum atomic E-state index is 0.566. The lowest BCUT2D eigenvalue weighted by atomic mass is 10.2. The highest BCUT2D eigenvalue weighted by atomic mass is 35.5. The zero-order valence-electron chi connectivity index (χ0n) is 8.85. The Bertz CT molecular complexity index is 573. The maximum absolute atomic E-state index is 8.74. The Hall–Kier alpha value is -1.63. The van der Waals surface area contributed by atoms with Crippen molar-refractivity contribution in [3.63, 3.8) is 0 Å². The summed E-state index contributed by atoms with van der Waals surface area (Å²) in [5, 5.41) is 9.33. The number of hydrogen-bond donors (Lipinski definition) is 1. The molecule has 2 rings (SSSR count). The van der Waals surface area contributed by atoms with Gasteiger partial charge in [0.2, 0.25) is 0 Å². The standard InChI is InChI=1S/C13H9ClN2S/c14-12-7-9(8-15)1-6-13(12)17-11-4-2-10(16)3-5-11/h1-7H,16H2. The molecule has 0 spiro atoms. The molecule has 0 amide bonds. The molecule has 0 bridgehead atoms. The molecule has 2 nitrogen and oxygen atoms in total. The van der Waals surface area contributed by atoms with Crippen LogP contribution in [0.25, 0.3) is 0 Å². The van der Waals surface area contributed by atoms with Crippen molar-refractivity contribution in [2.45, 2.75) is 9.79 Å². The quantitative estimate of drug-likeness (QED) is 0.832. The van der Waals surface area contributed by atoms with Gasteiger partial charge >= 0.3 is 0 Å². The molecule has 0 aromatic heterocycles. The molecule has 0 heterocycles. The number of anilines is 1. The summed E-state index contributed by atoms with van der Waals surface area (Å²) in [6.07, 6.45) is 0. The van der Waals surface area contributed by atoms with E-state index in [1.165, 1.54) is 0 Å². The van der Waals surface area contributed by atoms with Gasteiger partial charge < -0.3 is 5.73 Å². The Kier molecular flexibility index (Phi) is 3.58. The molecule has 84 valence electrons. The maximum atomic E-state index is 8.74. The lowest BCUT2D eigenvalue weighted by Crippen LogP contribution is -1.83. The Balaban J connectivity index is 2.25. The van der Waals surface area contributed by atoms with Crippen LogP contribution in [0.2, 0.25) is 5.02 Å². The highest BCUT2D eigenvalue weighted by molar-refractivity contribution is 7.99. The average Bonchev–Trinajstić information content (AvgIpc) is 2.34. The molecule has 17 heavy (non-hydrogen) atoms. The third-order valence-corrected chi connectivity index (χ3v) is 3.68. The first-order valence-corrected chi connectivity index (χ1v) is 6.11. The van der Waals surface area contributed by atoms with E-state index in [2.05, 4.69) is 6.07 Å². The summed E-state index contributed by atoms with van der Waals surface area (Å²) in [4.78, 5) is 1.99. The molecule has 0 unspecified atom stereocenters. The molecule has 2 N–H and O–H groups in total. The van der Waals surface area contributed by atoms with Crippen LogP contribution >= 0.6 is 23.4 Å². The van der Waals surface area contributed by atoms with E-state index in [0.717, 1.165) is 15.5 Å². The van der Waals surface area contributed by atoms with E-state index in [1.54, 1.807) is 23.9 Å². The molecule has 0 fully saturated rings. The van der Waals surface area contributed by atoms with Crippen molar-refractivity contribution in [1.82, 2.24) is 0 Å². The number of nitrogens with two attached hydrogens (primary N) is 1.